The first-order chi connectivity index (χ1) is 12.1. The van der Waals surface area contributed by atoms with Crippen molar-refractivity contribution in [1.29, 1.82) is 0 Å². The monoisotopic (exact) mass is 410 g/mol. The highest BCUT2D eigenvalue weighted by atomic mass is 32.2. The van der Waals surface area contributed by atoms with Crippen molar-refractivity contribution in [3.63, 3.8) is 0 Å². The van der Waals surface area contributed by atoms with E-state index in [-0.39, 0.29) is 16.8 Å². The summed E-state index contributed by atoms with van der Waals surface area (Å²) in [5.41, 5.74) is -6.17. The van der Waals surface area contributed by atoms with Crippen LogP contribution in [0.5, 0.6) is 0 Å². The van der Waals surface area contributed by atoms with Gasteiger partial charge in [0.25, 0.3) is 5.91 Å². The van der Waals surface area contributed by atoms with Crippen LogP contribution in [0.25, 0.3) is 0 Å². The minimum Gasteiger partial charge on any atom is -0.467 e. The minimum atomic E-state index is -5.57. The molecule has 0 heterocycles. The predicted octanol–water partition coefficient (Wildman–Crippen LogP) is 2.57. The van der Waals surface area contributed by atoms with Crippen LogP contribution in [0.15, 0.2) is 18.2 Å². The minimum absolute atomic E-state index is 0.0723. The fourth-order valence-electron chi connectivity index (χ4n) is 2.15. The summed E-state index contributed by atoms with van der Waals surface area (Å²) in [6.07, 6.45) is 0. The first-order valence-electron chi connectivity index (χ1n) is 7.68. The number of sulfonamides is 1. The Labute approximate surface area is 155 Å². The third-order valence-electron chi connectivity index (χ3n) is 3.61. The summed E-state index contributed by atoms with van der Waals surface area (Å²) in [6.45, 7) is 6.58. The second-order valence-corrected chi connectivity index (χ2v) is 8.55. The Bertz CT molecular complexity index is 829. The summed E-state index contributed by atoms with van der Waals surface area (Å²) in [5, 5.41) is 2.52. The molecule has 11 heteroatoms. The van der Waals surface area contributed by atoms with E-state index in [0.717, 1.165) is 18.2 Å². The third kappa shape index (κ3) is 5.59. The normalized spacial score (nSPS) is 13.6. The summed E-state index contributed by atoms with van der Waals surface area (Å²) < 4.78 is 65.7. The van der Waals surface area contributed by atoms with E-state index in [2.05, 4.69) is 10.1 Å². The number of hydrogen-bond donors (Lipinski definition) is 2. The molecule has 152 valence electrons. The van der Waals surface area contributed by atoms with Gasteiger partial charge in [0, 0.05) is 11.3 Å². The zero-order chi connectivity index (χ0) is 21.2. The number of amides is 1. The Morgan fingerprint density at radius 1 is 1.15 bits per heavy atom. The van der Waals surface area contributed by atoms with E-state index < -0.39 is 38.9 Å². The van der Waals surface area contributed by atoms with E-state index in [9.17, 15) is 31.2 Å². The second kappa shape index (κ2) is 7.75. The number of ether oxygens (including phenoxy) is 1. The SMILES string of the molecule is COC(=O)[C@@H](NC(=O)c1ccc(NS(=O)(=O)C(F)(F)F)cc1C)C(C)(C)C. The van der Waals surface area contributed by atoms with Gasteiger partial charge in [-0.15, -0.1) is 0 Å². The highest BCUT2D eigenvalue weighted by molar-refractivity contribution is 7.93. The Morgan fingerprint density at radius 2 is 1.70 bits per heavy atom. The average Bonchev–Trinajstić information content (AvgIpc) is 2.49. The first kappa shape index (κ1) is 22.7. The second-order valence-electron chi connectivity index (χ2n) is 6.88. The Kier molecular flexibility index (Phi) is 6.53. The van der Waals surface area contributed by atoms with Crippen molar-refractivity contribution in [1.82, 2.24) is 5.32 Å². The van der Waals surface area contributed by atoms with Crippen molar-refractivity contribution in [3.8, 4) is 0 Å². The molecule has 2 N–H and O–H groups in total. The lowest BCUT2D eigenvalue weighted by Gasteiger charge is -2.29. The molecule has 7 nitrogen and oxygen atoms in total. The van der Waals surface area contributed by atoms with E-state index in [1.54, 1.807) is 20.8 Å². The molecule has 1 aromatic rings. The maximum absolute atomic E-state index is 12.5. The zero-order valence-electron chi connectivity index (χ0n) is 15.4. The molecule has 0 aliphatic heterocycles. The van der Waals surface area contributed by atoms with Crippen LogP contribution in [-0.4, -0.2) is 39.0 Å². The van der Waals surface area contributed by atoms with Gasteiger partial charge in [-0.05, 0) is 36.1 Å². The molecule has 0 saturated heterocycles. The third-order valence-corrected chi connectivity index (χ3v) is 4.72. The number of carbonyl (C=O) groups is 2. The summed E-state index contributed by atoms with van der Waals surface area (Å²) in [4.78, 5) is 24.4. The van der Waals surface area contributed by atoms with Gasteiger partial charge in [-0.2, -0.15) is 21.6 Å². The fourth-order valence-corrected chi connectivity index (χ4v) is 2.70. The summed E-state index contributed by atoms with van der Waals surface area (Å²) in [5.74, 6) is -1.30. The van der Waals surface area contributed by atoms with E-state index in [4.69, 9.17) is 0 Å². The van der Waals surface area contributed by atoms with Crippen molar-refractivity contribution in [2.45, 2.75) is 39.2 Å². The number of aryl methyl sites for hydroxylation is 1. The van der Waals surface area contributed by atoms with Gasteiger partial charge >= 0.3 is 21.5 Å². The number of anilines is 1. The van der Waals surface area contributed by atoms with Gasteiger partial charge in [0.2, 0.25) is 0 Å². The first-order valence-corrected chi connectivity index (χ1v) is 9.17. The van der Waals surface area contributed by atoms with Gasteiger partial charge < -0.3 is 10.1 Å². The van der Waals surface area contributed by atoms with Gasteiger partial charge in [0.05, 0.1) is 7.11 Å². The molecular weight excluding hydrogens is 389 g/mol. The van der Waals surface area contributed by atoms with Crippen LogP contribution in [0.3, 0.4) is 0 Å². The maximum atomic E-state index is 12.5. The van der Waals surface area contributed by atoms with E-state index in [1.807, 2.05) is 0 Å². The van der Waals surface area contributed by atoms with Gasteiger partial charge in [-0.1, -0.05) is 20.8 Å². The van der Waals surface area contributed by atoms with Crippen LogP contribution in [0, 0.1) is 12.3 Å². The molecule has 0 radical (unpaired) electrons. The smallest absolute Gasteiger partial charge is 0.467 e. The molecule has 0 aromatic heterocycles. The van der Waals surface area contributed by atoms with Crippen molar-refractivity contribution in [2.75, 3.05) is 11.8 Å². The predicted molar refractivity (Wildman–Crippen MR) is 92.5 cm³/mol. The molecule has 0 aliphatic rings. The molecule has 0 spiro atoms. The molecule has 27 heavy (non-hydrogen) atoms. The molecule has 0 saturated carbocycles. The molecule has 0 unspecified atom stereocenters. The average molecular weight is 410 g/mol. The number of methoxy groups -OCH3 is 1. The van der Waals surface area contributed by atoms with Crippen molar-refractivity contribution < 1.29 is 35.9 Å². The molecule has 0 fully saturated rings. The molecule has 0 bridgehead atoms. The largest absolute Gasteiger partial charge is 0.516 e. The number of alkyl halides is 3. The number of nitrogens with one attached hydrogen (secondary N) is 2. The summed E-state index contributed by atoms with van der Waals surface area (Å²) >= 11 is 0. The molecule has 1 atom stereocenters. The van der Waals surface area contributed by atoms with E-state index in [1.165, 1.54) is 18.8 Å². The highest BCUT2D eigenvalue weighted by Gasteiger charge is 2.46. The molecule has 1 rings (SSSR count). The lowest BCUT2D eigenvalue weighted by Crippen LogP contribution is -2.49. The topological polar surface area (TPSA) is 102 Å². The molecule has 0 aliphatic carbocycles. The maximum Gasteiger partial charge on any atom is 0.516 e. The Hall–Kier alpha value is -2.30. The van der Waals surface area contributed by atoms with Gasteiger partial charge in [-0.3, -0.25) is 9.52 Å². The van der Waals surface area contributed by atoms with Gasteiger partial charge in [0.15, 0.2) is 0 Å². The molecular formula is C16H21F3N2O5S. The molecule has 1 aromatic carbocycles. The Morgan fingerprint density at radius 3 is 2.11 bits per heavy atom. The molecule has 1 amide bonds. The van der Waals surface area contributed by atoms with Crippen LogP contribution >= 0.6 is 0 Å². The van der Waals surface area contributed by atoms with Crippen LogP contribution in [0.2, 0.25) is 0 Å². The van der Waals surface area contributed by atoms with E-state index in [0.29, 0.717) is 0 Å². The number of hydrogen-bond acceptors (Lipinski definition) is 5. The quantitative estimate of drug-likeness (QED) is 0.727. The van der Waals surface area contributed by atoms with Crippen LogP contribution in [0.4, 0.5) is 18.9 Å². The lowest BCUT2D eigenvalue weighted by molar-refractivity contribution is -0.145. The lowest BCUT2D eigenvalue weighted by atomic mass is 9.86. The van der Waals surface area contributed by atoms with Crippen LogP contribution in [0.1, 0.15) is 36.7 Å². The highest BCUT2D eigenvalue weighted by Crippen LogP contribution is 2.26. The number of rotatable bonds is 5. The Balaban J connectivity index is 3.09. The number of carbonyl (C=O) groups excluding carboxylic acids is 2. The van der Waals surface area contributed by atoms with Crippen molar-refractivity contribution >= 4 is 27.6 Å². The number of benzene rings is 1. The van der Waals surface area contributed by atoms with Gasteiger partial charge in [-0.25, -0.2) is 4.79 Å². The van der Waals surface area contributed by atoms with Crippen LogP contribution < -0.4 is 10.0 Å². The zero-order valence-corrected chi connectivity index (χ0v) is 16.2. The summed E-state index contributed by atoms with van der Waals surface area (Å²) in [6, 6.07) is 2.31. The number of esters is 1. The van der Waals surface area contributed by atoms with Gasteiger partial charge in [0.1, 0.15) is 6.04 Å². The van der Waals surface area contributed by atoms with Crippen molar-refractivity contribution in [3.05, 3.63) is 29.3 Å². The standard InChI is InChI=1S/C16H21F3N2O5S/c1-9-8-10(21-27(24,25)16(17,18)19)6-7-11(9)13(22)20-12(14(23)26-5)15(2,3)4/h6-8,12,21H,1-5H3,(H,20,22)/t12-/m1/s1. The van der Waals surface area contributed by atoms with Crippen LogP contribution in [-0.2, 0) is 19.6 Å². The van der Waals surface area contributed by atoms with E-state index >= 15 is 0 Å². The number of halogens is 3. The fraction of sp³-hybridized carbons (Fsp3) is 0.500. The van der Waals surface area contributed by atoms with Crippen molar-refractivity contribution in [2.24, 2.45) is 5.41 Å². The summed E-state index contributed by atoms with van der Waals surface area (Å²) in [7, 11) is -4.38.